The van der Waals surface area contributed by atoms with Gasteiger partial charge in [-0.1, -0.05) is 18.2 Å². The Kier molecular flexibility index (Phi) is 3.50. The number of nitrogens with zero attached hydrogens (tertiary/aromatic N) is 1. The molecule has 0 fully saturated rings. The van der Waals surface area contributed by atoms with Crippen LogP contribution in [0.2, 0.25) is 0 Å². The molecule has 4 nitrogen and oxygen atoms in total. The SMILES string of the molecule is CC(=O)C(=O)Nc1cc2c(c(-c3cc4ccccc4s3)c1)CN=C2. The molecular formula is C19H14N2O2S. The smallest absolute Gasteiger partial charge is 0.291 e. The number of thiophene rings is 1. The molecule has 1 aliphatic heterocycles. The first-order chi connectivity index (χ1) is 11.6. The van der Waals surface area contributed by atoms with Crippen molar-refractivity contribution in [1.29, 1.82) is 0 Å². The third-order valence-electron chi connectivity index (χ3n) is 4.03. The first-order valence-electron chi connectivity index (χ1n) is 7.59. The summed E-state index contributed by atoms with van der Waals surface area (Å²) in [4.78, 5) is 28.4. The molecule has 2 heterocycles. The van der Waals surface area contributed by atoms with Crippen molar-refractivity contribution in [2.24, 2.45) is 4.99 Å². The van der Waals surface area contributed by atoms with Gasteiger partial charge in [0.1, 0.15) is 0 Å². The molecule has 24 heavy (non-hydrogen) atoms. The van der Waals surface area contributed by atoms with Gasteiger partial charge in [-0.2, -0.15) is 0 Å². The van der Waals surface area contributed by atoms with Crippen molar-refractivity contribution < 1.29 is 9.59 Å². The molecule has 4 rings (SSSR count). The fourth-order valence-electron chi connectivity index (χ4n) is 2.85. The molecule has 5 heteroatoms. The summed E-state index contributed by atoms with van der Waals surface area (Å²) in [6, 6.07) is 14.2. The molecule has 3 aromatic rings. The average Bonchev–Trinajstić information content (AvgIpc) is 3.20. The number of anilines is 1. The number of carbonyl (C=O) groups is 2. The van der Waals surface area contributed by atoms with Crippen LogP contribution in [0.25, 0.3) is 20.5 Å². The number of carbonyl (C=O) groups excluding carboxylic acids is 2. The van der Waals surface area contributed by atoms with Crippen molar-refractivity contribution in [3.05, 3.63) is 53.6 Å². The van der Waals surface area contributed by atoms with E-state index >= 15 is 0 Å². The van der Waals surface area contributed by atoms with Gasteiger partial charge in [-0.15, -0.1) is 11.3 Å². The number of fused-ring (bicyclic) bond motifs is 2. The molecule has 0 saturated heterocycles. The van der Waals surface area contributed by atoms with Crippen LogP contribution in [0.3, 0.4) is 0 Å². The lowest BCUT2D eigenvalue weighted by Gasteiger charge is -2.10. The first kappa shape index (κ1) is 14.8. The number of hydrogen-bond donors (Lipinski definition) is 1. The van der Waals surface area contributed by atoms with Gasteiger partial charge < -0.3 is 5.32 Å². The van der Waals surface area contributed by atoms with Gasteiger partial charge in [0.05, 0.1) is 6.54 Å². The predicted octanol–water partition coefficient (Wildman–Crippen LogP) is 4.03. The van der Waals surface area contributed by atoms with Crippen molar-refractivity contribution in [3.63, 3.8) is 0 Å². The number of benzene rings is 2. The van der Waals surface area contributed by atoms with Gasteiger partial charge in [-0.05, 0) is 40.8 Å². The number of rotatable bonds is 3. The fraction of sp³-hybridized carbons (Fsp3) is 0.105. The monoisotopic (exact) mass is 334 g/mol. The molecule has 0 spiro atoms. The lowest BCUT2D eigenvalue weighted by molar-refractivity contribution is -0.133. The van der Waals surface area contributed by atoms with Crippen LogP contribution in [0.15, 0.2) is 47.5 Å². The van der Waals surface area contributed by atoms with Gasteiger partial charge in [-0.25, -0.2) is 0 Å². The van der Waals surface area contributed by atoms with Crippen molar-refractivity contribution in [2.75, 3.05) is 5.32 Å². The molecular weight excluding hydrogens is 320 g/mol. The van der Waals surface area contributed by atoms with E-state index in [0.29, 0.717) is 12.2 Å². The Morgan fingerprint density at radius 2 is 2.00 bits per heavy atom. The molecule has 1 amide bonds. The minimum Gasteiger partial charge on any atom is -0.319 e. The minimum absolute atomic E-state index is 0.507. The van der Waals surface area contributed by atoms with Crippen LogP contribution in [0.4, 0.5) is 5.69 Å². The number of ketones is 1. The van der Waals surface area contributed by atoms with Gasteiger partial charge in [0.25, 0.3) is 5.91 Å². The molecule has 0 bridgehead atoms. The van der Waals surface area contributed by atoms with E-state index in [-0.39, 0.29) is 0 Å². The van der Waals surface area contributed by atoms with E-state index in [4.69, 9.17) is 0 Å². The molecule has 0 aliphatic carbocycles. The van der Waals surface area contributed by atoms with Crippen molar-refractivity contribution in [3.8, 4) is 10.4 Å². The van der Waals surface area contributed by atoms with Crippen LogP contribution in [-0.4, -0.2) is 17.9 Å². The molecule has 0 atom stereocenters. The minimum atomic E-state index is -0.604. The molecule has 1 aromatic heterocycles. The molecule has 0 saturated carbocycles. The summed E-state index contributed by atoms with van der Waals surface area (Å²) in [5.74, 6) is -1.11. The summed E-state index contributed by atoms with van der Waals surface area (Å²) in [5.41, 5.74) is 3.82. The third-order valence-corrected chi connectivity index (χ3v) is 5.18. The van der Waals surface area contributed by atoms with Crippen LogP contribution >= 0.6 is 11.3 Å². The normalized spacial score (nSPS) is 12.4. The molecule has 1 N–H and O–H groups in total. The van der Waals surface area contributed by atoms with E-state index in [1.54, 1.807) is 11.3 Å². The summed E-state index contributed by atoms with van der Waals surface area (Å²) in [7, 11) is 0. The van der Waals surface area contributed by atoms with Gasteiger partial charge >= 0.3 is 0 Å². The highest BCUT2D eigenvalue weighted by molar-refractivity contribution is 7.22. The Morgan fingerprint density at radius 3 is 2.79 bits per heavy atom. The second-order valence-corrected chi connectivity index (χ2v) is 6.80. The van der Waals surface area contributed by atoms with E-state index in [1.807, 2.05) is 30.5 Å². The summed E-state index contributed by atoms with van der Waals surface area (Å²) in [5, 5.41) is 3.87. The lowest BCUT2D eigenvalue weighted by Crippen LogP contribution is -2.19. The summed E-state index contributed by atoms with van der Waals surface area (Å²) >= 11 is 1.72. The zero-order chi connectivity index (χ0) is 16.7. The Labute approximate surface area is 142 Å². The maximum absolute atomic E-state index is 11.7. The van der Waals surface area contributed by atoms with Crippen LogP contribution < -0.4 is 5.32 Å². The van der Waals surface area contributed by atoms with E-state index < -0.39 is 11.7 Å². The van der Waals surface area contributed by atoms with E-state index in [2.05, 4.69) is 28.5 Å². The Morgan fingerprint density at radius 1 is 1.17 bits per heavy atom. The van der Waals surface area contributed by atoms with Crippen LogP contribution in [0.1, 0.15) is 18.1 Å². The number of Topliss-reactive ketones (excluding diaryl/α,β-unsaturated/α-hetero) is 1. The van der Waals surface area contributed by atoms with Crippen LogP contribution in [0.5, 0.6) is 0 Å². The standard InChI is InChI=1S/C19H14N2O2S/c1-11(22)19(23)21-14-6-13-9-20-10-16(13)15(8-14)18-7-12-4-2-3-5-17(12)24-18/h2-9H,10H2,1H3,(H,21,23). The third kappa shape index (κ3) is 2.53. The highest BCUT2D eigenvalue weighted by Crippen LogP contribution is 2.38. The maximum atomic E-state index is 11.7. The number of amides is 1. The Balaban J connectivity index is 1.83. The van der Waals surface area contributed by atoms with E-state index in [1.165, 1.54) is 17.0 Å². The van der Waals surface area contributed by atoms with Crippen molar-refractivity contribution in [1.82, 2.24) is 0 Å². The van der Waals surface area contributed by atoms with E-state index in [0.717, 1.165) is 21.6 Å². The Bertz CT molecular complexity index is 984. The zero-order valence-corrected chi connectivity index (χ0v) is 13.8. The van der Waals surface area contributed by atoms with Gasteiger partial charge in [0.2, 0.25) is 5.78 Å². The molecule has 118 valence electrons. The fourth-order valence-corrected chi connectivity index (χ4v) is 3.95. The second kappa shape index (κ2) is 5.69. The molecule has 1 aliphatic rings. The quantitative estimate of drug-likeness (QED) is 0.735. The highest BCUT2D eigenvalue weighted by Gasteiger charge is 2.18. The largest absolute Gasteiger partial charge is 0.319 e. The molecule has 0 radical (unpaired) electrons. The number of aliphatic imine (C=N–C) groups is 1. The summed E-state index contributed by atoms with van der Waals surface area (Å²) in [6.07, 6.45) is 1.82. The number of nitrogens with one attached hydrogen (secondary N) is 1. The topological polar surface area (TPSA) is 58.5 Å². The zero-order valence-electron chi connectivity index (χ0n) is 13.0. The lowest BCUT2D eigenvalue weighted by atomic mass is 10.0. The van der Waals surface area contributed by atoms with Gasteiger partial charge in [0.15, 0.2) is 0 Å². The van der Waals surface area contributed by atoms with Crippen LogP contribution in [-0.2, 0) is 16.1 Å². The van der Waals surface area contributed by atoms with E-state index in [9.17, 15) is 9.59 Å². The molecule has 2 aromatic carbocycles. The van der Waals surface area contributed by atoms with Crippen molar-refractivity contribution in [2.45, 2.75) is 13.5 Å². The second-order valence-electron chi connectivity index (χ2n) is 5.72. The summed E-state index contributed by atoms with van der Waals surface area (Å²) < 4.78 is 1.22. The average molecular weight is 334 g/mol. The maximum Gasteiger partial charge on any atom is 0.291 e. The summed E-state index contributed by atoms with van der Waals surface area (Å²) in [6.45, 7) is 1.90. The predicted molar refractivity (Wildman–Crippen MR) is 97.9 cm³/mol. The molecule has 0 unspecified atom stereocenters. The number of hydrogen-bond acceptors (Lipinski definition) is 4. The Hall–Kier alpha value is -2.79. The highest BCUT2D eigenvalue weighted by atomic mass is 32.1. The van der Waals surface area contributed by atoms with Crippen molar-refractivity contribution >= 4 is 45.0 Å². The van der Waals surface area contributed by atoms with Crippen LogP contribution in [0, 0.1) is 0 Å². The van der Waals surface area contributed by atoms with Gasteiger partial charge in [0, 0.05) is 34.0 Å². The first-order valence-corrected chi connectivity index (χ1v) is 8.41. The van der Waals surface area contributed by atoms with Gasteiger partial charge in [-0.3, -0.25) is 14.6 Å².